The maximum atomic E-state index is 13.5. The van der Waals surface area contributed by atoms with Crippen molar-refractivity contribution in [3.8, 4) is 11.5 Å². The van der Waals surface area contributed by atoms with Crippen molar-refractivity contribution in [2.24, 2.45) is 0 Å². The van der Waals surface area contributed by atoms with Gasteiger partial charge in [-0.25, -0.2) is 8.78 Å². The number of phenols is 1. The first kappa shape index (κ1) is 26.2. The van der Waals surface area contributed by atoms with E-state index in [-0.39, 0.29) is 55.2 Å². The Morgan fingerprint density at radius 1 is 1.08 bits per heavy atom. The number of phenolic OH excluding ortho intramolecular Hbond substituents is 1. The summed E-state index contributed by atoms with van der Waals surface area (Å²) >= 11 is 6.12. The van der Waals surface area contributed by atoms with Crippen LogP contribution in [0.5, 0.6) is 11.5 Å². The number of β-amino-alcohol motifs (C(OH)–C–C–N with tert-alkyl or cyclic N) is 1. The van der Waals surface area contributed by atoms with E-state index in [1.807, 2.05) is 18.2 Å². The molecular formula is C27H31ClF2N2O5. The minimum atomic E-state index is -2.76. The second kappa shape index (κ2) is 10.4. The van der Waals surface area contributed by atoms with E-state index < -0.39 is 17.9 Å². The number of hydrogen-bond donors (Lipinski definition) is 2. The predicted octanol–water partition coefficient (Wildman–Crippen LogP) is 4.18. The molecule has 7 nitrogen and oxygen atoms in total. The van der Waals surface area contributed by atoms with Crippen LogP contribution < -0.4 is 4.74 Å². The average molecular weight is 537 g/mol. The molecule has 1 amide bonds. The molecule has 0 radical (unpaired) electrons. The molecule has 2 aromatic rings. The number of piperidine rings is 2. The summed E-state index contributed by atoms with van der Waals surface area (Å²) < 4.78 is 39.0. The number of alkyl halides is 2. The van der Waals surface area contributed by atoms with E-state index >= 15 is 0 Å². The molecule has 2 aromatic carbocycles. The SMILES string of the molecule is O=C(c1ccc(O)cc1OC[C@@H](O)CN1CCC2(CC1)OCc1cc(Cl)ccc12)N1CCC(F)(F)CC1. The number of nitrogens with zero attached hydrogens (tertiary/aromatic N) is 2. The van der Waals surface area contributed by atoms with Crippen LogP contribution in [0.1, 0.15) is 47.2 Å². The van der Waals surface area contributed by atoms with Crippen molar-refractivity contribution in [3.05, 3.63) is 58.1 Å². The molecular weight excluding hydrogens is 506 g/mol. The van der Waals surface area contributed by atoms with Crippen LogP contribution in [-0.2, 0) is 16.9 Å². The molecule has 37 heavy (non-hydrogen) atoms. The van der Waals surface area contributed by atoms with Crippen LogP contribution in [0.15, 0.2) is 36.4 Å². The molecule has 0 bridgehead atoms. The van der Waals surface area contributed by atoms with E-state index in [1.54, 1.807) is 0 Å². The van der Waals surface area contributed by atoms with Gasteiger partial charge in [0.05, 0.1) is 17.8 Å². The minimum absolute atomic E-state index is 0.0492. The molecule has 10 heteroatoms. The van der Waals surface area contributed by atoms with Crippen LogP contribution in [0, 0.1) is 0 Å². The number of rotatable bonds is 6. The summed E-state index contributed by atoms with van der Waals surface area (Å²) in [5.41, 5.74) is 2.18. The van der Waals surface area contributed by atoms with Gasteiger partial charge in [0, 0.05) is 56.7 Å². The second-order valence-electron chi connectivity index (χ2n) is 10.2. The zero-order chi connectivity index (χ0) is 26.2. The van der Waals surface area contributed by atoms with Gasteiger partial charge in [-0.3, -0.25) is 4.79 Å². The Hall–Kier alpha value is -2.46. The number of halogens is 3. The number of aliphatic hydroxyl groups excluding tert-OH is 1. The number of ether oxygens (including phenoxy) is 2. The lowest BCUT2D eigenvalue weighted by molar-refractivity contribution is -0.0835. The van der Waals surface area contributed by atoms with Gasteiger partial charge in [-0.05, 0) is 48.2 Å². The van der Waals surface area contributed by atoms with Crippen molar-refractivity contribution < 1.29 is 33.3 Å². The van der Waals surface area contributed by atoms with Gasteiger partial charge in [0.1, 0.15) is 24.2 Å². The average Bonchev–Trinajstić information content (AvgIpc) is 3.21. The lowest BCUT2D eigenvalue weighted by Gasteiger charge is -2.39. The number of aromatic hydroxyl groups is 1. The fourth-order valence-electron chi connectivity index (χ4n) is 5.48. The number of fused-ring (bicyclic) bond motifs is 2. The van der Waals surface area contributed by atoms with Crippen LogP contribution in [-0.4, -0.2) is 77.3 Å². The lowest BCUT2D eigenvalue weighted by Crippen LogP contribution is -2.46. The molecule has 2 saturated heterocycles. The molecule has 5 rings (SSSR count). The predicted molar refractivity (Wildman–Crippen MR) is 133 cm³/mol. The zero-order valence-electron chi connectivity index (χ0n) is 20.5. The highest BCUT2D eigenvalue weighted by molar-refractivity contribution is 6.30. The Labute approximate surface area is 219 Å². The third kappa shape index (κ3) is 5.70. The number of carbonyl (C=O) groups excluding carboxylic acids is 1. The van der Waals surface area contributed by atoms with Crippen LogP contribution in [0.3, 0.4) is 0 Å². The number of aliphatic hydroxyl groups is 1. The van der Waals surface area contributed by atoms with Crippen molar-refractivity contribution in [2.75, 3.05) is 39.3 Å². The maximum Gasteiger partial charge on any atom is 0.257 e. The molecule has 0 unspecified atom stereocenters. The molecule has 0 aromatic heterocycles. The second-order valence-corrected chi connectivity index (χ2v) is 10.6. The number of hydrogen-bond acceptors (Lipinski definition) is 6. The summed E-state index contributed by atoms with van der Waals surface area (Å²) in [7, 11) is 0. The van der Waals surface area contributed by atoms with E-state index in [0.717, 1.165) is 31.5 Å². The molecule has 3 aliphatic heterocycles. The van der Waals surface area contributed by atoms with Crippen molar-refractivity contribution >= 4 is 17.5 Å². The zero-order valence-corrected chi connectivity index (χ0v) is 21.2. The fraction of sp³-hybridized carbons (Fsp3) is 0.519. The topological polar surface area (TPSA) is 82.5 Å². The number of benzene rings is 2. The van der Waals surface area contributed by atoms with Gasteiger partial charge >= 0.3 is 0 Å². The summed E-state index contributed by atoms with van der Waals surface area (Å²) in [6.07, 6.45) is 0.00835. The maximum absolute atomic E-state index is 13.5. The smallest absolute Gasteiger partial charge is 0.257 e. The molecule has 200 valence electrons. The van der Waals surface area contributed by atoms with Crippen molar-refractivity contribution in [2.45, 2.75) is 49.9 Å². The monoisotopic (exact) mass is 536 g/mol. The minimum Gasteiger partial charge on any atom is -0.508 e. The molecule has 0 saturated carbocycles. The van der Waals surface area contributed by atoms with Crippen LogP contribution in [0.4, 0.5) is 8.78 Å². The Kier molecular flexibility index (Phi) is 7.33. The normalized spacial score (nSPS) is 21.6. The van der Waals surface area contributed by atoms with Crippen molar-refractivity contribution in [3.63, 3.8) is 0 Å². The number of likely N-dealkylation sites (tertiary alicyclic amines) is 2. The molecule has 3 aliphatic rings. The molecule has 0 aliphatic carbocycles. The van der Waals surface area contributed by atoms with Gasteiger partial charge < -0.3 is 29.5 Å². The highest BCUT2D eigenvalue weighted by Crippen LogP contribution is 2.44. The first-order chi connectivity index (χ1) is 17.6. The first-order valence-corrected chi connectivity index (χ1v) is 13.0. The molecule has 2 N–H and O–H groups in total. The van der Waals surface area contributed by atoms with E-state index in [4.69, 9.17) is 21.1 Å². The van der Waals surface area contributed by atoms with Gasteiger partial charge in [0.2, 0.25) is 0 Å². The Bertz CT molecular complexity index is 1150. The number of carbonyl (C=O) groups is 1. The third-order valence-electron chi connectivity index (χ3n) is 7.60. The number of amides is 1. The molecule has 1 spiro atoms. The fourth-order valence-corrected chi connectivity index (χ4v) is 5.68. The Balaban J connectivity index is 1.15. The summed E-state index contributed by atoms with van der Waals surface area (Å²) in [5, 5.41) is 21.3. The standard InChI is InChI=1S/C27H31ClF2N2O5/c28-19-1-4-23-18(13-19)16-37-26(23)5-9-31(10-6-26)15-21(34)17-36-24-14-20(33)2-3-22(24)25(35)32-11-7-27(29,30)8-12-32/h1-4,13-14,21,33-34H,5-12,15-17H2/t21-/m0/s1. The lowest BCUT2D eigenvalue weighted by atomic mass is 9.84. The quantitative estimate of drug-likeness (QED) is 0.576. The highest BCUT2D eigenvalue weighted by atomic mass is 35.5. The van der Waals surface area contributed by atoms with Crippen molar-refractivity contribution in [1.29, 1.82) is 0 Å². The van der Waals surface area contributed by atoms with Gasteiger partial charge in [-0.1, -0.05) is 17.7 Å². The molecule has 3 heterocycles. The van der Waals surface area contributed by atoms with E-state index in [2.05, 4.69) is 4.90 Å². The Morgan fingerprint density at radius 2 is 1.81 bits per heavy atom. The van der Waals surface area contributed by atoms with E-state index in [9.17, 15) is 23.8 Å². The van der Waals surface area contributed by atoms with Crippen LogP contribution >= 0.6 is 11.6 Å². The van der Waals surface area contributed by atoms with E-state index in [0.29, 0.717) is 18.2 Å². The van der Waals surface area contributed by atoms with Gasteiger partial charge in [-0.15, -0.1) is 0 Å². The summed E-state index contributed by atoms with van der Waals surface area (Å²) in [5.74, 6) is -3.16. The van der Waals surface area contributed by atoms with Gasteiger partial charge in [-0.2, -0.15) is 0 Å². The van der Waals surface area contributed by atoms with Crippen LogP contribution in [0.2, 0.25) is 5.02 Å². The molecule has 1 atom stereocenters. The first-order valence-electron chi connectivity index (χ1n) is 12.6. The third-order valence-corrected chi connectivity index (χ3v) is 7.84. The molecule has 2 fully saturated rings. The highest BCUT2D eigenvalue weighted by Gasteiger charge is 2.43. The largest absolute Gasteiger partial charge is 0.508 e. The van der Waals surface area contributed by atoms with Crippen LogP contribution in [0.25, 0.3) is 0 Å². The summed E-state index contributed by atoms with van der Waals surface area (Å²) in [6, 6.07) is 9.99. The Morgan fingerprint density at radius 3 is 2.54 bits per heavy atom. The van der Waals surface area contributed by atoms with E-state index in [1.165, 1.54) is 28.7 Å². The van der Waals surface area contributed by atoms with Gasteiger partial charge in [0.15, 0.2) is 0 Å². The summed E-state index contributed by atoms with van der Waals surface area (Å²) in [4.78, 5) is 16.5. The summed E-state index contributed by atoms with van der Waals surface area (Å²) in [6.45, 7) is 2.24. The van der Waals surface area contributed by atoms with Gasteiger partial charge in [0.25, 0.3) is 11.8 Å². The van der Waals surface area contributed by atoms with Crippen molar-refractivity contribution in [1.82, 2.24) is 9.80 Å².